The number of piperazine rings is 1. The molecule has 2 rings (SSSR count). The third-order valence-electron chi connectivity index (χ3n) is 2.81. The Hall–Kier alpha value is -2.70. The Labute approximate surface area is 115 Å². The molecule has 1 aromatic carbocycles. The number of imide groups is 1. The Bertz CT molecular complexity index is 544. The molecule has 1 radical (unpaired) electrons. The van der Waals surface area contributed by atoms with E-state index in [1.54, 1.807) is 36.6 Å². The van der Waals surface area contributed by atoms with Gasteiger partial charge in [0.15, 0.2) is 0 Å². The highest BCUT2D eigenvalue weighted by Gasteiger charge is 2.34. The maximum Gasteiger partial charge on any atom is 0.332 e. The highest BCUT2D eigenvalue weighted by molar-refractivity contribution is 6.38. The molecular formula is C13H12N3O4. The van der Waals surface area contributed by atoms with E-state index in [2.05, 4.69) is 5.32 Å². The molecule has 1 fully saturated rings. The predicted octanol–water partition coefficient (Wildman–Crippen LogP) is -0.319. The van der Waals surface area contributed by atoms with Crippen LogP contribution >= 0.6 is 0 Å². The van der Waals surface area contributed by atoms with Crippen molar-refractivity contribution >= 4 is 29.8 Å². The van der Waals surface area contributed by atoms with Crippen LogP contribution in [-0.4, -0.2) is 48.7 Å². The van der Waals surface area contributed by atoms with Crippen LogP contribution in [0.5, 0.6) is 0 Å². The van der Waals surface area contributed by atoms with Crippen molar-refractivity contribution < 1.29 is 19.2 Å². The lowest BCUT2D eigenvalue weighted by Gasteiger charge is -2.30. The Balaban J connectivity index is 2.25. The van der Waals surface area contributed by atoms with E-state index in [-0.39, 0.29) is 19.6 Å². The fraction of sp³-hybridized carbons (Fsp3) is 0.231. The first kappa shape index (κ1) is 13.7. The number of hydrogen-bond acceptors (Lipinski definition) is 4. The molecule has 1 N–H and O–H groups in total. The van der Waals surface area contributed by atoms with Gasteiger partial charge in [0.05, 0.1) is 6.54 Å². The topological polar surface area (TPSA) is 86.8 Å². The maximum absolute atomic E-state index is 12.3. The van der Waals surface area contributed by atoms with Crippen LogP contribution in [0.2, 0.25) is 0 Å². The highest BCUT2D eigenvalue weighted by atomic mass is 16.2. The summed E-state index contributed by atoms with van der Waals surface area (Å²) in [7, 11) is 0. The number of benzene rings is 1. The number of hydrogen-bond donors (Lipinski definition) is 1. The van der Waals surface area contributed by atoms with Crippen LogP contribution in [0.1, 0.15) is 0 Å². The van der Waals surface area contributed by atoms with E-state index in [4.69, 9.17) is 0 Å². The number of amides is 4. The zero-order chi connectivity index (χ0) is 14.5. The van der Waals surface area contributed by atoms with Crippen molar-refractivity contribution in [1.82, 2.24) is 10.2 Å². The van der Waals surface area contributed by atoms with E-state index < -0.39 is 17.8 Å². The molecule has 20 heavy (non-hydrogen) atoms. The summed E-state index contributed by atoms with van der Waals surface area (Å²) in [6, 6.07) is 7.71. The molecule has 0 atom stereocenters. The van der Waals surface area contributed by atoms with Crippen molar-refractivity contribution in [2.75, 3.05) is 24.5 Å². The lowest BCUT2D eigenvalue weighted by Crippen LogP contribution is -2.57. The summed E-state index contributed by atoms with van der Waals surface area (Å²) < 4.78 is 0. The molecule has 1 heterocycles. The lowest BCUT2D eigenvalue weighted by atomic mass is 10.3. The molecule has 1 saturated heterocycles. The van der Waals surface area contributed by atoms with Crippen LogP contribution in [0.25, 0.3) is 0 Å². The van der Waals surface area contributed by atoms with Gasteiger partial charge in [-0.2, -0.15) is 0 Å². The van der Waals surface area contributed by atoms with Crippen LogP contribution in [0.15, 0.2) is 30.3 Å². The van der Waals surface area contributed by atoms with Gasteiger partial charge in [0.25, 0.3) is 0 Å². The Morgan fingerprint density at radius 3 is 2.65 bits per heavy atom. The fourth-order valence-electron chi connectivity index (χ4n) is 1.85. The average Bonchev–Trinajstić information content (AvgIpc) is 2.48. The number of nitrogens with zero attached hydrogens (tertiary/aromatic N) is 2. The van der Waals surface area contributed by atoms with Gasteiger partial charge < -0.3 is 5.32 Å². The molecule has 1 aliphatic rings. The van der Waals surface area contributed by atoms with Gasteiger partial charge in [0, 0.05) is 18.8 Å². The van der Waals surface area contributed by atoms with Crippen LogP contribution < -0.4 is 10.2 Å². The van der Waals surface area contributed by atoms with Gasteiger partial charge in [-0.15, -0.1) is 0 Å². The molecule has 7 heteroatoms. The molecule has 0 spiro atoms. The Kier molecular flexibility index (Phi) is 4.09. The lowest BCUT2D eigenvalue weighted by molar-refractivity contribution is -0.145. The molecule has 1 aliphatic heterocycles. The largest absolute Gasteiger partial charge is 0.346 e. The number of urea groups is 1. The summed E-state index contributed by atoms with van der Waals surface area (Å²) in [5.74, 6) is -1.75. The zero-order valence-electron chi connectivity index (χ0n) is 10.5. The van der Waals surface area contributed by atoms with Gasteiger partial charge in [-0.1, -0.05) is 18.2 Å². The van der Waals surface area contributed by atoms with Crippen LogP contribution in [0.4, 0.5) is 10.5 Å². The number of nitrogens with one attached hydrogen (secondary N) is 1. The van der Waals surface area contributed by atoms with Gasteiger partial charge in [0.2, 0.25) is 6.29 Å². The number of para-hydroxylation sites is 1. The number of carbonyl (C=O) groups excluding carboxylic acids is 4. The molecule has 0 unspecified atom stereocenters. The second kappa shape index (κ2) is 5.96. The summed E-state index contributed by atoms with van der Waals surface area (Å²) in [4.78, 5) is 47.8. The Morgan fingerprint density at radius 1 is 1.30 bits per heavy atom. The number of anilines is 1. The van der Waals surface area contributed by atoms with E-state index >= 15 is 0 Å². The summed E-state index contributed by atoms with van der Waals surface area (Å²) in [6.45, 7) is -0.0381. The molecule has 0 saturated carbocycles. The molecule has 4 amide bonds. The molecule has 7 nitrogen and oxygen atoms in total. The van der Waals surface area contributed by atoms with Crippen molar-refractivity contribution in [2.45, 2.75) is 0 Å². The van der Waals surface area contributed by atoms with Gasteiger partial charge in [-0.05, 0) is 12.1 Å². The van der Waals surface area contributed by atoms with Gasteiger partial charge in [-0.3, -0.25) is 24.2 Å². The summed E-state index contributed by atoms with van der Waals surface area (Å²) >= 11 is 0. The van der Waals surface area contributed by atoms with Gasteiger partial charge in [-0.25, -0.2) is 4.79 Å². The number of carbonyl (C=O) groups is 3. The van der Waals surface area contributed by atoms with E-state index in [1.807, 2.05) is 0 Å². The van der Waals surface area contributed by atoms with E-state index in [9.17, 15) is 19.2 Å². The first-order valence-corrected chi connectivity index (χ1v) is 5.96. The summed E-state index contributed by atoms with van der Waals surface area (Å²) in [5, 5.41) is 2.35. The molecule has 0 aliphatic carbocycles. The first-order valence-electron chi connectivity index (χ1n) is 5.96. The van der Waals surface area contributed by atoms with Crippen LogP contribution in [0, 0.1) is 0 Å². The van der Waals surface area contributed by atoms with Crippen molar-refractivity contribution in [3.05, 3.63) is 30.3 Å². The molecule has 103 valence electrons. The van der Waals surface area contributed by atoms with Crippen molar-refractivity contribution in [1.29, 1.82) is 0 Å². The highest BCUT2D eigenvalue weighted by Crippen LogP contribution is 2.15. The molecule has 0 aromatic heterocycles. The quantitative estimate of drug-likeness (QED) is 0.765. The number of rotatable bonds is 3. The summed E-state index contributed by atoms with van der Waals surface area (Å²) in [6.07, 6.45) is 1.63. The summed E-state index contributed by atoms with van der Waals surface area (Å²) in [5.41, 5.74) is 0.458. The van der Waals surface area contributed by atoms with Crippen LogP contribution in [0.3, 0.4) is 0 Å². The van der Waals surface area contributed by atoms with E-state index in [0.717, 1.165) is 9.80 Å². The average molecular weight is 274 g/mol. The maximum atomic E-state index is 12.3. The molecule has 0 bridgehead atoms. The smallest absolute Gasteiger partial charge is 0.332 e. The minimum atomic E-state index is -0.923. The second-order valence-electron chi connectivity index (χ2n) is 4.06. The second-order valence-corrected chi connectivity index (χ2v) is 4.06. The van der Waals surface area contributed by atoms with Gasteiger partial charge in [0.1, 0.15) is 0 Å². The van der Waals surface area contributed by atoms with Crippen LogP contribution in [-0.2, 0) is 14.4 Å². The van der Waals surface area contributed by atoms with Crippen molar-refractivity contribution in [3.8, 4) is 0 Å². The zero-order valence-corrected chi connectivity index (χ0v) is 10.5. The third-order valence-corrected chi connectivity index (χ3v) is 2.81. The minimum Gasteiger partial charge on any atom is -0.346 e. The first-order chi connectivity index (χ1) is 9.65. The Morgan fingerprint density at radius 2 is 2.00 bits per heavy atom. The monoisotopic (exact) mass is 274 g/mol. The fourth-order valence-corrected chi connectivity index (χ4v) is 1.85. The SMILES string of the molecule is O=[C]CN(C(=O)N1CCNC(=O)C1=O)c1ccccc1. The van der Waals surface area contributed by atoms with E-state index in [1.165, 1.54) is 0 Å². The normalized spacial score (nSPS) is 14.7. The van der Waals surface area contributed by atoms with Crippen molar-refractivity contribution in [2.24, 2.45) is 0 Å². The molecular weight excluding hydrogens is 262 g/mol. The molecule has 1 aromatic rings. The minimum absolute atomic E-state index is 0.0750. The van der Waals surface area contributed by atoms with Crippen molar-refractivity contribution in [3.63, 3.8) is 0 Å². The van der Waals surface area contributed by atoms with E-state index in [0.29, 0.717) is 5.69 Å². The standard InChI is InChI=1S/C13H12N3O4/c17-9-8-15(10-4-2-1-3-5-10)13(20)16-7-6-14-11(18)12(16)19/h1-5H,6-8H2,(H,14,18). The predicted molar refractivity (Wildman–Crippen MR) is 69.6 cm³/mol. The third kappa shape index (κ3) is 2.66. The van der Waals surface area contributed by atoms with Gasteiger partial charge >= 0.3 is 17.8 Å².